The molecule has 0 bridgehead atoms. The molecule has 2 heteroatoms. The molecular formula is C16H26N2. The van der Waals surface area contributed by atoms with Crippen LogP contribution in [0.15, 0.2) is 18.2 Å². The molecule has 100 valence electrons. The number of hydrogen-bond acceptors (Lipinski definition) is 2. The van der Waals surface area contributed by atoms with E-state index in [2.05, 4.69) is 49.3 Å². The Labute approximate surface area is 111 Å². The van der Waals surface area contributed by atoms with E-state index >= 15 is 0 Å². The van der Waals surface area contributed by atoms with Gasteiger partial charge in [0.25, 0.3) is 0 Å². The zero-order valence-electron chi connectivity index (χ0n) is 12.0. The summed E-state index contributed by atoms with van der Waals surface area (Å²) in [5.74, 6) is 0. The van der Waals surface area contributed by atoms with E-state index in [1.807, 2.05) is 0 Å². The average Bonchev–Trinajstić information content (AvgIpc) is 2.81. The van der Waals surface area contributed by atoms with Gasteiger partial charge in [0.1, 0.15) is 0 Å². The van der Waals surface area contributed by atoms with Crippen LogP contribution in [0.2, 0.25) is 0 Å². The molecule has 1 heterocycles. The molecule has 1 aromatic rings. The van der Waals surface area contributed by atoms with Gasteiger partial charge in [0.05, 0.1) is 0 Å². The third kappa shape index (κ3) is 3.49. The summed E-state index contributed by atoms with van der Waals surface area (Å²) in [6, 6.07) is 7.50. The molecule has 0 aromatic heterocycles. The normalized spacial score (nSPS) is 19.2. The van der Waals surface area contributed by atoms with Crippen molar-refractivity contribution in [2.45, 2.75) is 45.6 Å². The molecule has 1 atom stereocenters. The molecule has 1 fully saturated rings. The SMILES string of the molecule is Cc1ccc(N(C)CCCC2CCCN2)c(C)c1. The van der Waals surface area contributed by atoms with Crippen molar-refractivity contribution in [3.05, 3.63) is 29.3 Å². The summed E-state index contributed by atoms with van der Waals surface area (Å²) in [5.41, 5.74) is 4.11. The van der Waals surface area contributed by atoms with Gasteiger partial charge in [-0.1, -0.05) is 17.7 Å². The fourth-order valence-corrected chi connectivity index (χ4v) is 2.93. The highest BCUT2D eigenvalue weighted by atomic mass is 15.1. The van der Waals surface area contributed by atoms with Crippen molar-refractivity contribution >= 4 is 5.69 Å². The molecule has 1 aliphatic rings. The summed E-state index contributed by atoms with van der Waals surface area (Å²) in [7, 11) is 2.21. The molecule has 18 heavy (non-hydrogen) atoms. The van der Waals surface area contributed by atoms with E-state index in [1.165, 1.54) is 49.0 Å². The first-order valence-corrected chi connectivity index (χ1v) is 7.18. The number of hydrogen-bond donors (Lipinski definition) is 1. The van der Waals surface area contributed by atoms with E-state index in [-0.39, 0.29) is 0 Å². The van der Waals surface area contributed by atoms with Crippen molar-refractivity contribution in [3.8, 4) is 0 Å². The highest BCUT2D eigenvalue weighted by molar-refractivity contribution is 5.53. The van der Waals surface area contributed by atoms with Crippen molar-refractivity contribution in [2.75, 3.05) is 25.0 Å². The van der Waals surface area contributed by atoms with E-state index in [0.717, 1.165) is 12.6 Å². The smallest absolute Gasteiger partial charge is 0.0393 e. The minimum atomic E-state index is 0.775. The standard InChI is InChI=1S/C16H26N2/c1-13-8-9-16(14(2)12-13)18(3)11-5-7-15-6-4-10-17-15/h8-9,12,15,17H,4-7,10-11H2,1-3H3. The Morgan fingerprint density at radius 2 is 2.17 bits per heavy atom. The van der Waals surface area contributed by atoms with Crippen molar-refractivity contribution < 1.29 is 0 Å². The Balaban J connectivity index is 1.81. The lowest BCUT2D eigenvalue weighted by Crippen LogP contribution is -2.25. The molecule has 0 amide bonds. The van der Waals surface area contributed by atoms with Crippen LogP contribution in [0, 0.1) is 13.8 Å². The van der Waals surface area contributed by atoms with Gasteiger partial charge in [0.2, 0.25) is 0 Å². The number of rotatable bonds is 5. The molecule has 0 saturated carbocycles. The minimum Gasteiger partial charge on any atom is -0.374 e. The van der Waals surface area contributed by atoms with E-state index in [0.29, 0.717) is 0 Å². The van der Waals surface area contributed by atoms with E-state index in [4.69, 9.17) is 0 Å². The monoisotopic (exact) mass is 246 g/mol. The summed E-state index contributed by atoms with van der Waals surface area (Å²) in [5, 5.41) is 3.57. The predicted molar refractivity (Wildman–Crippen MR) is 79.4 cm³/mol. The molecule has 1 aliphatic heterocycles. The Morgan fingerprint density at radius 1 is 1.33 bits per heavy atom. The first kappa shape index (κ1) is 13.4. The highest BCUT2D eigenvalue weighted by Crippen LogP contribution is 2.20. The predicted octanol–water partition coefficient (Wildman–Crippen LogP) is 3.27. The van der Waals surface area contributed by atoms with Crippen LogP contribution in [0.1, 0.15) is 36.8 Å². The summed E-state index contributed by atoms with van der Waals surface area (Å²) >= 11 is 0. The molecule has 1 unspecified atom stereocenters. The van der Waals surface area contributed by atoms with Gasteiger partial charge in [0, 0.05) is 25.3 Å². The number of aryl methyl sites for hydroxylation is 2. The average molecular weight is 246 g/mol. The maximum atomic E-state index is 3.57. The highest BCUT2D eigenvalue weighted by Gasteiger charge is 2.13. The van der Waals surface area contributed by atoms with Crippen molar-refractivity contribution in [1.29, 1.82) is 0 Å². The van der Waals surface area contributed by atoms with Gasteiger partial charge < -0.3 is 10.2 Å². The quantitative estimate of drug-likeness (QED) is 0.858. The molecule has 0 spiro atoms. The van der Waals surface area contributed by atoms with Crippen LogP contribution in [0.25, 0.3) is 0 Å². The number of nitrogens with zero attached hydrogens (tertiary/aromatic N) is 1. The second-order valence-corrected chi connectivity index (χ2v) is 5.65. The summed E-state index contributed by atoms with van der Waals surface area (Å²) in [4.78, 5) is 2.39. The van der Waals surface area contributed by atoms with Crippen LogP contribution in [-0.2, 0) is 0 Å². The second kappa shape index (κ2) is 6.24. The molecule has 2 rings (SSSR count). The molecule has 0 radical (unpaired) electrons. The number of nitrogens with one attached hydrogen (secondary N) is 1. The third-order valence-electron chi connectivity index (χ3n) is 3.97. The van der Waals surface area contributed by atoms with Gasteiger partial charge >= 0.3 is 0 Å². The van der Waals surface area contributed by atoms with Gasteiger partial charge in [-0.15, -0.1) is 0 Å². The Hall–Kier alpha value is -1.02. The molecule has 1 aromatic carbocycles. The first-order valence-electron chi connectivity index (χ1n) is 7.18. The Morgan fingerprint density at radius 3 is 2.83 bits per heavy atom. The van der Waals surface area contributed by atoms with E-state index < -0.39 is 0 Å². The fourth-order valence-electron chi connectivity index (χ4n) is 2.93. The van der Waals surface area contributed by atoms with Gasteiger partial charge in [-0.25, -0.2) is 0 Å². The topological polar surface area (TPSA) is 15.3 Å². The van der Waals surface area contributed by atoms with Crippen LogP contribution in [0.5, 0.6) is 0 Å². The van der Waals surface area contributed by atoms with Crippen LogP contribution in [0.4, 0.5) is 5.69 Å². The van der Waals surface area contributed by atoms with Crippen molar-refractivity contribution in [1.82, 2.24) is 5.32 Å². The number of benzene rings is 1. The summed E-state index contributed by atoms with van der Waals surface area (Å²) < 4.78 is 0. The van der Waals surface area contributed by atoms with Crippen molar-refractivity contribution in [2.24, 2.45) is 0 Å². The molecule has 1 saturated heterocycles. The van der Waals surface area contributed by atoms with Crippen LogP contribution in [0.3, 0.4) is 0 Å². The lowest BCUT2D eigenvalue weighted by molar-refractivity contribution is 0.536. The van der Waals surface area contributed by atoms with Crippen LogP contribution in [-0.4, -0.2) is 26.2 Å². The molecular weight excluding hydrogens is 220 g/mol. The molecule has 2 nitrogen and oxygen atoms in total. The van der Waals surface area contributed by atoms with Gasteiger partial charge in [-0.3, -0.25) is 0 Å². The Bertz CT molecular complexity index is 381. The van der Waals surface area contributed by atoms with Crippen LogP contribution < -0.4 is 10.2 Å². The van der Waals surface area contributed by atoms with Crippen molar-refractivity contribution in [3.63, 3.8) is 0 Å². The first-order chi connectivity index (χ1) is 8.66. The lowest BCUT2D eigenvalue weighted by Gasteiger charge is -2.22. The summed E-state index contributed by atoms with van der Waals surface area (Å²) in [6.45, 7) is 6.74. The van der Waals surface area contributed by atoms with E-state index in [9.17, 15) is 0 Å². The zero-order valence-corrected chi connectivity index (χ0v) is 12.0. The molecule has 0 aliphatic carbocycles. The van der Waals surface area contributed by atoms with E-state index in [1.54, 1.807) is 0 Å². The fraction of sp³-hybridized carbons (Fsp3) is 0.625. The maximum Gasteiger partial charge on any atom is 0.0393 e. The molecule has 1 N–H and O–H groups in total. The largest absolute Gasteiger partial charge is 0.374 e. The van der Waals surface area contributed by atoms with Gasteiger partial charge in [0.15, 0.2) is 0 Å². The number of anilines is 1. The lowest BCUT2D eigenvalue weighted by atomic mass is 10.1. The van der Waals surface area contributed by atoms with Gasteiger partial charge in [-0.05, 0) is 57.7 Å². The second-order valence-electron chi connectivity index (χ2n) is 5.65. The summed E-state index contributed by atoms with van der Waals surface area (Å²) in [6.07, 6.45) is 5.32. The minimum absolute atomic E-state index is 0.775. The Kier molecular flexibility index (Phi) is 4.65. The third-order valence-corrected chi connectivity index (χ3v) is 3.97. The zero-order chi connectivity index (χ0) is 13.0. The van der Waals surface area contributed by atoms with Gasteiger partial charge in [-0.2, -0.15) is 0 Å². The maximum absolute atomic E-state index is 3.57. The van der Waals surface area contributed by atoms with Crippen LogP contribution >= 0.6 is 0 Å².